The fraction of sp³-hybridized carbons (Fsp3) is 0.200. The van der Waals surface area contributed by atoms with Gasteiger partial charge in [0.2, 0.25) is 5.95 Å². The van der Waals surface area contributed by atoms with Crippen molar-refractivity contribution in [1.82, 2.24) is 15.0 Å². The van der Waals surface area contributed by atoms with Crippen molar-refractivity contribution in [3.63, 3.8) is 0 Å². The van der Waals surface area contributed by atoms with E-state index in [2.05, 4.69) is 30.5 Å². The normalized spacial score (nSPS) is 13.8. The molecule has 31 heavy (non-hydrogen) atoms. The van der Waals surface area contributed by atoms with Gasteiger partial charge in [-0.2, -0.15) is 0 Å². The standard InChI is InChI=1S/C20H18F3N7O/c21-14-4-5-15(18(23)17(14)22)28-20(31)27-13-11-25-19(26-12-13)30-9-7-29(8-10-30)16-3-1-2-6-24-16/h1-6,11-12H,7-10H2,(H2,27,28,31). The molecule has 0 aliphatic carbocycles. The molecule has 3 aromatic rings. The van der Waals surface area contributed by atoms with Gasteiger partial charge in [0.15, 0.2) is 17.5 Å². The van der Waals surface area contributed by atoms with Crippen molar-refractivity contribution in [2.75, 3.05) is 46.6 Å². The molecule has 2 amide bonds. The molecular formula is C20H18F3N7O. The number of carbonyl (C=O) groups is 1. The first-order valence-corrected chi connectivity index (χ1v) is 9.46. The molecule has 1 aromatic carbocycles. The van der Waals surface area contributed by atoms with Crippen LogP contribution in [0.3, 0.4) is 0 Å². The van der Waals surface area contributed by atoms with Crippen LogP contribution >= 0.6 is 0 Å². The van der Waals surface area contributed by atoms with Gasteiger partial charge in [-0.1, -0.05) is 6.07 Å². The summed E-state index contributed by atoms with van der Waals surface area (Å²) in [5.74, 6) is -3.04. The number of pyridine rings is 1. The van der Waals surface area contributed by atoms with Gasteiger partial charge in [-0.25, -0.2) is 32.9 Å². The molecule has 0 bridgehead atoms. The maximum atomic E-state index is 13.7. The third kappa shape index (κ3) is 4.65. The third-order valence-electron chi connectivity index (χ3n) is 4.72. The summed E-state index contributed by atoms with van der Waals surface area (Å²) in [6, 6.07) is 6.59. The molecule has 2 N–H and O–H groups in total. The van der Waals surface area contributed by atoms with Crippen LogP contribution in [0.25, 0.3) is 0 Å². The number of aromatic nitrogens is 3. The van der Waals surface area contributed by atoms with Crippen LogP contribution in [0.5, 0.6) is 0 Å². The van der Waals surface area contributed by atoms with Gasteiger partial charge >= 0.3 is 6.03 Å². The number of carbonyl (C=O) groups excluding carboxylic acids is 1. The number of nitrogens with zero attached hydrogens (tertiary/aromatic N) is 5. The average molecular weight is 429 g/mol. The van der Waals surface area contributed by atoms with E-state index in [1.807, 2.05) is 23.1 Å². The molecule has 0 spiro atoms. The molecule has 0 saturated carbocycles. The lowest BCUT2D eigenvalue weighted by Gasteiger charge is -2.35. The Hall–Kier alpha value is -3.89. The number of hydrogen-bond donors (Lipinski definition) is 2. The van der Waals surface area contributed by atoms with Crippen LogP contribution < -0.4 is 20.4 Å². The van der Waals surface area contributed by atoms with E-state index in [0.29, 0.717) is 19.0 Å². The number of amides is 2. The Morgan fingerprint density at radius 2 is 1.55 bits per heavy atom. The Balaban J connectivity index is 1.32. The van der Waals surface area contributed by atoms with Gasteiger partial charge in [-0.15, -0.1) is 0 Å². The van der Waals surface area contributed by atoms with Crippen LogP contribution in [0.2, 0.25) is 0 Å². The number of hydrogen-bond acceptors (Lipinski definition) is 6. The predicted molar refractivity (Wildman–Crippen MR) is 110 cm³/mol. The van der Waals surface area contributed by atoms with Gasteiger partial charge in [-0.05, 0) is 24.3 Å². The summed E-state index contributed by atoms with van der Waals surface area (Å²) < 4.78 is 39.9. The Kier molecular flexibility index (Phi) is 5.83. The minimum absolute atomic E-state index is 0.261. The van der Waals surface area contributed by atoms with E-state index < -0.39 is 29.2 Å². The van der Waals surface area contributed by atoms with Gasteiger partial charge in [0.05, 0.1) is 23.8 Å². The highest BCUT2D eigenvalue weighted by Gasteiger charge is 2.20. The van der Waals surface area contributed by atoms with Gasteiger partial charge in [0, 0.05) is 32.4 Å². The Bertz CT molecular complexity index is 1060. The quantitative estimate of drug-likeness (QED) is 0.620. The first kappa shape index (κ1) is 20.4. The van der Waals surface area contributed by atoms with Crippen LogP contribution in [-0.4, -0.2) is 47.2 Å². The average Bonchev–Trinajstić information content (AvgIpc) is 2.81. The molecule has 1 fully saturated rings. The van der Waals surface area contributed by atoms with Crippen LogP contribution in [0.1, 0.15) is 0 Å². The molecule has 2 aromatic heterocycles. The number of benzene rings is 1. The van der Waals surface area contributed by atoms with E-state index >= 15 is 0 Å². The topological polar surface area (TPSA) is 86.3 Å². The zero-order valence-corrected chi connectivity index (χ0v) is 16.2. The number of urea groups is 1. The van der Waals surface area contributed by atoms with E-state index in [1.165, 1.54) is 12.4 Å². The smallest absolute Gasteiger partial charge is 0.323 e. The second kappa shape index (κ2) is 8.86. The highest BCUT2D eigenvalue weighted by atomic mass is 19.2. The molecule has 3 heterocycles. The summed E-state index contributed by atoms with van der Waals surface area (Å²) in [6.07, 6.45) is 4.58. The fourth-order valence-corrected chi connectivity index (χ4v) is 3.13. The molecule has 0 atom stereocenters. The summed E-state index contributed by atoms with van der Waals surface area (Å²) in [5, 5.41) is 4.53. The zero-order chi connectivity index (χ0) is 21.8. The zero-order valence-electron chi connectivity index (χ0n) is 16.2. The molecule has 1 aliphatic rings. The Labute approximate surface area is 175 Å². The first-order chi connectivity index (χ1) is 15.0. The van der Waals surface area contributed by atoms with Gasteiger partial charge < -0.3 is 20.4 Å². The van der Waals surface area contributed by atoms with Crippen LogP contribution in [0.4, 0.5) is 41.1 Å². The van der Waals surface area contributed by atoms with Gasteiger partial charge in [0.25, 0.3) is 0 Å². The Morgan fingerprint density at radius 1 is 0.839 bits per heavy atom. The monoisotopic (exact) mass is 429 g/mol. The van der Waals surface area contributed by atoms with Crippen LogP contribution in [0.15, 0.2) is 48.9 Å². The van der Waals surface area contributed by atoms with Crippen LogP contribution in [-0.2, 0) is 0 Å². The third-order valence-corrected chi connectivity index (χ3v) is 4.72. The van der Waals surface area contributed by atoms with E-state index in [1.54, 1.807) is 6.20 Å². The summed E-state index contributed by atoms with van der Waals surface area (Å²) in [5.41, 5.74) is -0.226. The van der Waals surface area contributed by atoms with E-state index in [0.717, 1.165) is 31.0 Å². The van der Waals surface area contributed by atoms with E-state index in [-0.39, 0.29) is 5.69 Å². The maximum Gasteiger partial charge on any atom is 0.323 e. The van der Waals surface area contributed by atoms with Gasteiger partial charge in [-0.3, -0.25) is 0 Å². The second-order valence-electron chi connectivity index (χ2n) is 6.74. The minimum atomic E-state index is -1.66. The second-order valence-corrected chi connectivity index (χ2v) is 6.74. The lowest BCUT2D eigenvalue weighted by atomic mass is 10.3. The maximum absolute atomic E-state index is 13.7. The highest BCUT2D eigenvalue weighted by molar-refractivity contribution is 5.99. The van der Waals surface area contributed by atoms with E-state index in [4.69, 9.17) is 0 Å². The molecule has 160 valence electrons. The molecule has 1 aliphatic heterocycles. The number of rotatable bonds is 4. The summed E-state index contributed by atoms with van der Waals surface area (Å²) in [6.45, 7) is 2.95. The summed E-state index contributed by atoms with van der Waals surface area (Å²) >= 11 is 0. The molecule has 0 radical (unpaired) electrons. The van der Waals surface area contributed by atoms with Gasteiger partial charge in [0.1, 0.15) is 5.82 Å². The lowest BCUT2D eigenvalue weighted by molar-refractivity contribution is 0.262. The largest absolute Gasteiger partial charge is 0.353 e. The van der Waals surface area contributed by atoms with Crippen LogP contribution in [0, 0.1) is 17.5 Å². The SMILES string of the molecule is O=C(Nc1cnc(N2CCN(c3ccccn3)CC2)nc1)Nc1ccc(F)c(F)c1F. The van der Waals surface area contributed by atoms with E-state index in [9.17, 15) is 18.0 Å². The van der Waals surface area contributed by atoms with Crippen molar-refractivity contribution in [1.29, 1.82) is 0 Å². The number of nitrogens with one attached hydrogen (secondary N) is 2. The number of halogens is 3. The summed E-state index contributed by atoms with van der Waals surface area (Å²) in [7, 11) is 0. The van der Waals surface area contributed by atoms with Crippen molar-refractivity contribution in [3.05, 3.63) is 66.4 Å². The molecule has 4 rings (SSSR count). The molecule has 8 nitrogen and oxygen atoms in total. The van der Waals surface area contributed by atoms with Crippen molar-refractivity contribution >= 4 is 29.2 Å². The molecule has 11 heteroatoms. The fourth-order valence-electron chi connectivity index (χ4n) is 3.13. The van der Waals surface area contributed by atoms with Crippen molar-refractivity contribution < 1.29 is 18.0 Å². The lowest BCUT2D eigenvalue weighted by Crippen LogP contribution is -2.47. The van der Waals surface area contributed by atoms with Crippen molar-refractivity contribution in [2.24, 2.45) is 0 Å². The molecule has 1 saturated heterocycles. The minimum Gasteiger partial charge on any atom is -0.353 e. The molecular weight excluding hydrogens is 411 g/mol. The summed E-state index contributed by atoms with van der Waals surface area (Å²) in [4.78, 5) is 29.1. The first-order valence-electron chi connectivity index (χ1n) is 9.46. The number of piperazine rings is 1. The molecule has 0 unspecified atom stereocenters. The number of anilines is 4. The highest BCUT2D eigenvalue weighted by Crippen LogP contribution is 2.20. The predicted octanol–water partition coefficient (Wildman–Crippen LogP) is 3.26. The van der Waals surface area contributed by atoms with Crippen molar-refractivity contribution in [3.8, 4) is 0 Å². The Morgan fingerprint density at radius 3 is 2.23 bits per heavy atom. The van der Waals surface area contributed by atoms with Crippen molar-refractivity contribution in [2.45, 2.75) is 0 Å².